The molecule has 10 nitrogen and oxygen atoms in total. The van der Waals surface area contributed by atoms with Gasteiger partial charge in [0, 0.05) is 82.9 Å². The number of benzene rings is 1. The topological polar surface area (TPSA) is 105 Å². The maximum atomic E-state index is 13.3. The predicted octanol–water partition coefficient (Wildman–Crippen LogP) is 7.31. The second kappa shape index (κ2) is 18.2. The van der Waals surface area contributed by atoms with Crippen molar-refractivity contribution >= 4 is 23.6 Å². The van der Waals surface area contributed by atoms with Crippen LogP contribution in [0.2, 0.25) is 0 Å². The van der Waals surface area contributed by atoms with Crippen LogP contribution in [0.5, 0.6) is 0 Å². The lowest BCUT2D eigenvalue weighted by molar-refractivity contribution is -0.126. The van der Waals surface area contributed by atoms with E-state index in [1.807, 2.05) is 30.1 Å². The van der Waals surface area contributed by atoms with Crippen LogP contribution in [0.4, 0.5) is 4.79 Å². The SMILES string of the molecule is C#C.C=C(CC(C)(C)C)N1CCC(OC(=O)N2CCNCC2)CC1.CCC1(C(=O)NC(C2=Cc3cccnc3Cc3ccc(C)cc32)c2cncn2C)CC1. The number of aromatic nitrogens is 3. The zero-order valence-corrected chi connectivity index (χ0v) is 33.9. The van der Waals surface area contributed by atoms with Crippen molar-refractivity contribution in [2.75, 3.05) is 39.3 Å². The van der Waals surface area contributed by atoms with Gasteiger partial charge >= 0.3 is 6.09 Å². The third-order valence-corrected chi connectivity index (χ3v) is 11.2. The number of fused-ring (bicyclic) bond motifs is 2. The monoisotopic (exact) mass is 747 g/mol. The van der Waals surface area contributed by atoms with Crippen molar-refractivity contribution in [3.05, 3.63) is 95.0 Å². The number of allylic oxidation sites excluding steroid dienone is 1. The normalized spacial score (nSPS) is 18.0. The Kier molecular flexibility index (Phi) is 13.6. The van der Waals surface area contributed by atoms with E-state index in [1.165, 1.54) is 22.4 Å². The number of carbonyl (C=O) groups is 2. The van der Waals surface area contributed by atoms with Gasteiger partial charge < -0.3 is 29.7 Å². The Labute approximate surface area is 328 Å². The van der Waals surface area contributed by atoms with Gasteiger partial charge in [-0.15, -0.1) is 12.8 Å². The highest BCUT2D eigenvalue weighted by Crippen LogP contribution is 2.50. The average Bonchev–Trinajstić information content (AvgIpc) is 3.91. The highest BCUT2D eigenvalue weighted by Gasteiger charge is 2.49. The Hall–Kier alpha value is -4.88. The maximum absolute atomic E-state index is 13.3. The van der Waals surface area contributed by atoms with Crippen LogP contribution in [-0.2, 0) is 23.0 Å². The first kappa shape index (κ1) is 41.3. The number of rotatable bonds is 8. The van der Waals surface area contributed by atoms with Crippen LogP contribution in [-0.4, -0.2) is 81.7 Å². The van der Waals surface area contributed by atoms with Crippen molar-refractivity contribution < 1.29 is 14.3 Å². The van der Waals surface area contributed by atoms with Gasteiger partial charge in [-0.3, -0.25) is 9.78 Å². The lowest BCUT2D eigenvalue weighted by Crippen LogP contribution is -2.48. The van der Waals surface area contributed by atoms with E-state index in [0.29, 0.717) is 0 Å². The summed E-state index contributed by atoms with van der Waals surface area (Å²) < 4.78 is 7.66. The second-order valence-corrected chi connectivity index (χ2v) is 16.6. The van der Waals surface area contributed by atoms with Gasteiger partial charge in [0.25, 0.3) is 0 Å². The van der Waals surface area contributed by atoms with E-state index in [0.717, 1.165) is 107 Å². The summed E-state index contributed by atoms with van der Waals surface area (Å²) >= 11 is 0. The predicted molar refractivity (Wildman–Crippen MR) is 221 cm³/mol. The fourth-order valence-electron chi connectivity index (χ4n) is 7.72. The zero-order chi connectivity index (χ0) is 39.8. The number of nitrogens with zero attached hydrogens (tertiary/aromatic N) is 5. The van der Waals surface area contributed by atoms with E-state index < -0.39 is 0 Å². The molecule has 2 N–H and O–H groups in total. The van der Waals surface area contributed by atoms with Crippen molar-refractivity contribution in [2.45, 2.75) is 91.7 Å². The largest absolute Gasteiger partial charge is 0.446 e. The van der Waals surface area contributed by atoms with Crippen molar-refractivity contribution in [1.29, 1.82) is 0 Å². The summed E-state index contributed by atoms with van der Waals surface area (Å²) in [5.74, 6) is 0.145. The van der Waals surface area contributed by atoms with Crippen LogP contribution in [0.15, 0.2) is 61.3 Å². The van der Waals surface area contributed by atoms with E-state index in [2.05, 4.69) is 110 Å². The number of nitrogens with one attached hydrogen (secondary N) is 2. The van der Waals surface area contributed by atoms with E-state index in [9.17, 15) is 9.59 Å². The minimum Gasteiger partial charge on any atom is -0.446 e. The number of carbonyl (C=O) groups excluding carboxylic acids is 2. The fraction of sp³-hybridized carbons (Fsp3) is 0.511. The molecule has 0 spiro atoms. The Bertz CT molecular complexity index is 1850. The summed E-state index contributed by atoms with van der Waals surface area (Å²) in [7, 11) is 1.98. The smallest absolute Gasteiger partial charge is 0.410 e. The number of imidazole rings is 1. The maximum Gasteiger partial charge on any atom is 0.410 e. The molecular formula is C45H61N7O3. The summed E-state index contributed by atoms with van der Waals surface area (Å²) in [6.07, 6.45) is 22.0. The molecule has 1 aromatic carbocycles. The molecule has 0 bridgehead atoms. The number of hydrogen-bond acceptors (Lipinski definition) is 7. The molecule has 2 aliphatic carbocycles. The number of terminal acetylenes is 1. The number of aryl methyl sites for hydroxylation is 2. The molecule has 2 aromatic heterocycles. The molecule has 1 saturated carbocycles. The molecule has 3 aromatic rings. The molecule has 2 saturated heterocycles. The Morgan fingerprint density at radius 1 is 1.09 bits per heavy atom. The van der Waals surface area contributed by atoms with Crippen molar-refractivity contribution in [3.63, 3.8) is 0 Å². The van der Waals surface area contributed by atoms with Gasteiger partial charge in [-0.05, 0) is 72.4 Å². The summed E-state index contributed by atoms with van der Waals surface area (Å²) in [6, 6.07) is 10.4. The van der Waals surface area contributed by atoms with Gasteiger partial charge in [-0.2, -0.15) is 0 Å². The number of piperidine rings is 1. The molecule has 2 amide bonds. The fourth-order valence-corrected chi connectivity index (χ4v) is 7.72. The van der Waals surface area contributed by atoms with Crippen LogP contribution < -0.4 is 10.6 Å². The summed E-state index contributed by atoms with van der Waals surface area (Å²) in [6.45, 7) is 20.3. The van der Waals surface area contributed by atoms with Gasteiger partial charge in [0.2, 0.25) is 5.91 Å². The van der Waals surface area contributed by atoms with Gasteiger partial charge in [-0.1, -0.05) is 64.1 Å². The second-order valence-electron chi connectivity index (χ2n) is 16.6. The third-order valence-electron chi connectivity index (χ3n) is 11.2. The zero-order valence-electron chi connectivity index (χ0n) is 33.9. The lowest BCUT2D eigenvalue weighted by atomic mass is 9.90. The number of piperazine rings is 1. The Morgan fingerprint density at radius 2 is 1.80 bits per heavy atom. The van der Waals surface area contributed by atoms with Gasteiger partial charge in [0.05, 0.1) is 30.0 Å². The molecule has 2 aliphatic heterocycles. The summed E-state index contributed by atoms with van der Waals surface area (Å²) in [4.78, 5) is 38.6. The molecule has 10 heteroatoms. The minimum absolute atomic E-state index is 0.0565. The minimum atomic E-state index is -0.282. The molecule has 4 heterocycles. The molecule has 55 heavy (non-hydrogen) atoms. The molecule has 7 rings (SSSR count). The molecule has 294 valence electrons. The first-order chi connectivity index (χ1) is 26.4. The van der Waals surface area contributed by atoms with Gasteiger partial charge in [0.1, 0.15) is 6.10 Å². The first-order valence-corrected chi connectivity index (χ1v) is 19.8. The quantitative estimate of drug-likeness (QED) is 0.233. The molecule has 0 radical (unpaired) electrons. The van der Waals surface area contributed by atoms with E-state index in [-0.39, 0.29) is 35.0 Å². The van der Waals surface area contributed by atoms with Crippen LogP contribution in [0, 0.1) is 30.6 Å². The number of amides is 2. The highest BCUT2D eigenvalue weighted by atomic mass is 16.6. The van der Waals surface area contributed by atoms with Crippen molar-refractivity contribution in [1.82, 2.24) is 35.0 Å². The Morgan fingerprint density at radius 3 is 2.42 bits per heavy atom. The van der Waals surface area contributed by atoms with Gasteiger partial charge in [0.15, 0.2) is 0 Å². The number of hydrogen-bond donors (Lipinski definition) is 2. The van der Waals surface area contributed by atoms with Crippen LogP contribution in [0.25, 0.3) is 11.6 Å². The van der Waals surface area contributed by atoms with E-state index in [4.69, 9.17) is 4.74 Å². The van der Waals surface area contributed by atoms with Crippen molar-refractivity contribution in [2.24, 2.45) is 17.9 Å². The summed E-state index contributed by atoms with van der Waals surface area (Å²) in [5.41, 5.74) is 9.10. The Balaban J connectivity index is 0.000000214. The highest BCUT2D eigenvalue weighted by molar-refractivity contribution is 5.92. The number of likely N-dealkylation sites (tertiary alicyclic amines) is 1. The van der Waals surface area contributed by atoms with Crippen molar-refractivity contribution in [3.8, 4) is 12.8 Å². The number of pyridine rings is 1. The first-order valence-electron chi connectivity index (χ1n) is 19.8. The molecule has 3 fully saturated rings. The van der Waals surface area contributed by atoms with Crippen LogP contribution >= 0.6 is 0 Å². The molecule has 1 atom stereocenters. The third kappa shape index (κ3) is 10.5. The summed E-state index contributed by atoms with van der Waals surface area (Å²) in [5, 5.41) is 6.66. The lowest BCUT2D eigenvalue weighted by Gasteiger charge is -2.37. The molecular weight excluding hydrogens is 687 g/mol. The van der Waals surface area contributed by atoms with Crippen LogP contribution in [0.1, 0.15) is 106 Å². The molecule has 4 aliphatic rings. The van der Waals surface area contributed by atoms with Gasteiger partial charge in [-0.25, -0.2) is 9.78 Å². The van der Waals surface area contributed by atoms with E-state index >= 15 is 0 Å². The van der Waals surface area contributed by atoms with E-state index in [1.54, 1.807) is 11.2 Å². The molecule has 1 unspecified atom stereocenters. The van der Waals surface area contributed by atoms with Crippen LogP contribution in [0.3, 0.4) is 0 Å². The standard InChI is InChI=1S/C26H28N4O.C17H31N3O2.C2H2/c1-4-26(9-10-26)25(31)29-24(23-15-27-16-30(23)3)21-13-19-6-5-11-28-22(19)14-18-8-7-17(2)12-20(18)21;1-14(13-17(2,3)4)19-9-5-15(6-10-19)22-16(21)20-11-7-18-8-12-20;1-2/h5-8,11-13,15-16,24H,4,9-10,14H2,1-3H3,(H,29,31);15,18H,1,5-13H2,2-4H3;1-2H. The average molecular weight is 748 g/mol. The number of ether oxygens (including phenoxy) is 1.